The summed E-state index contributed by atoms with van der Waals surface area (Å²) in [6.45, 7) is 4.52. The summed E-state index contributed by atoms with van der Waals surface area (Å²) < 4.78 is 1.69. The van der Waals surface area contributed by atoms with Crippen LogP contribution in [0.15, 0.2) is 18.7 Å². The molecule has 1 aromatic heterocycles. The number of carbonyl (C=O) groups is 1. The highest BCUT2D eigenvalue weighted by Crippen LogP contribution is 2.21. The summed E-state index contributed by atoms with van der Waals surface area (Å²) >= 11 is 0. The smallest absolute Gasteiger partial charge is 0.234 e. The lowest BCUT2D eigenvalue weighted by atomic mass is 9.93. The maximum Gasteiger partial charge on any atom is 0.234 e. The molecule has 0 N–H and O–H groups in total. The van der Waals surface area contributed by atoms with E-state index in [0.29, 0.717) is 0 Å². The molecule has 26 heavy (non-hydrogen) atoms. The van der Waals surface area contributed by atoms with Gasteiger partial charge in [-0.25, -0.2) is 4.98 Å². The van der Waals surface area contributed by atoms with Crippen LogP contribution >= 0.6 is 0 Å². The van der Waals surface area contributed by atoms with Crippen LogP contribution in [-0.4, -0.2) is 15.5 Å². The van der Waals surface area contributed by atoms with Gasteiger partial charge in [-0.2, -0.15) is 0 Å². The first kappa shape index (κ1) is 22.9. The Morgan fingerprint density at radius 2 is 1.23 bits per heavy atom. The molecule has 0 aromatic carbocycles. The molecule has 0 saturated carbocycles. The van der Waals surface area contributed by atoms with Crippen molar-refractivity contribution >= 4 is 5.91 Å². The number of nitrogens with zero attached hydrogens (tertiary/aromatic N) is 2. The summed E-state index contributed by atoms with van der Waals surface area (Å²) in [6, 6.07) is 0. The zero-order valence-corrected chi connectivity index (χ0v) is 17.4. The highest BCUT2D eigenvalue weighted by Gasteiger charge is 2.19. The lowest BCUT2D eigenvalue weighted by Crippen LogP contribution is -2.21. The van der Waals surface area contributed by atoms with Gasteiger partial charge in [-0.15, -0.1) is 0 Å². The lowest BCUT2D eigenvalue weighted by Gasteiger charge is -2.16. The second-order valence-corrected chi connectivity index (χ2v) is 7.83. The minimum absolute atomic E-state index is 0.176. The minimum atomic E-state index is 0.176. The van der Waals surface area contributed by atoms with Crippen molar-refractivity contribution in [1.82, 2.24) is 9.55 Å². The van der Waals surface area contributed by atoms with Crippen molar-refractivity contribution in [3.63, 3.8) is 0 Å². The van der Waals surface area contributed by atoms with E-state index in [4.69, 9.17) is 0 Å². The predicted octanol–water partition coefficient (Wildman–Crippen LogP) is 7.42. The van der Waals surface area contributed by atoms with Crippen LogP contribution in [0.3, 0.4) is 0 Å². The Morgan fingerprint density at radius 3 is 1.65 bits per heavy atom. The van der Waals surface area contributed by atoms with Crippen LogP contribution in [0.25, 0.3) is 0 Å². The van der Waals surface area contributed by atoms with Crippen molar-refractivity contribution in [1.29, 1.82) is 0 Å². The van der Waals surface area contributed by atoms with E-state index in [1.54, 1.807) is 23.3 Å². The first-order chi connectivity index (χ1) is 12.8. The zero-order valence-electron chi connectivity index (χ0n) is 17.4. The molecular formula is C23H42N2O. The molecule has 0 unspecified atom stereocenters. The molecule has 0 bridgehead atoms. The second kappa shape index (κ2) is 16.1. The first-order valence-corrected chi connectivity index (χ1v) is 11.3. The molecule has 3 nitrogen and oxygen atoms in total. The van der Waals surface area contributed by atoms with E-state index in [1.807, 2.05) is 0 Å². The lowest BCUT2D eigenvalue weighted by molar-refractivity contribution is 0.0814. The summed E-state index contributed by atoms with van der Waals surface area (Å²) in [5.41, 5.74) is 0. The third-order valence-corrected chi connectivity index (χ3v) is 5.42. The molecule has 0 fully saturated rings. The van der Waals surface area contributed by atoms with Gasteiger partial charge in [-0.05, 0) is 12.8 Å². The number of hydrogen-bond donors (Lipinski definition) is 0. The SMILES string of the molecule is CCCCCCCCCC(CCCCCCCCC)C(=O)n1ccnc1. The number of rotatable bonds is 17. The molecule has 3 heteroatoms. The zero-order chi connectivity index (χ0) is 18.9. The van der Waals surface area contributed by atoms with Crippen LogP contribution in [0.4, 0.5) is 0 Å². The Bertz CT molecular complexity index is 409. The van der Waals surface area contributed by atoms with Crippen molar-refractivity contribution in [3.05, 3.63) is 18.7 Å². The summed E-state index contributed by atoms with van der Waals surface area (Å²) in [7, 11) is 0. The molecule has 0 aliphatic rings. The van der Waals surface area contributed by atoms with Gasteiger partial charge in [-0.3, -0.25) is 9.36 Å². The topological polar surface area (TPSA) is 34.9 Å². The van der Waals surface area contributed by atoms with Gasteiger partial charge >= 0.3 is 0 Å². The van der Waals surface area contributed by atoms with E-state index >= 15 is 0 Å². The number of aromatic nitrogens is 2. The Kier molecular flexibility index (Phi) is 14.2. The predicted molar refractivity (Wildman–Crippen MR) is 112 cm³/mol. The molecule has 1 heterocycles. The van der Waals surface area contributed by atoms with Crippen molar-refractivity contribution in [2.45, 2.75) is 117 Å². The molecule has 150 valence electrons. The van der Waals surface area contributed by atoms with E-state index in [9.17, 15) is 4.79 Å². The van der Waals surface area contributed by atoms with Gasteiger partial charge in [0.1, 0.15) is 6.33 Å². The maximum absolute atomic E-state index is 12.7. The molecule has 0 aliphatic carbocycles. The average molecular weight is 363 g/mol. The number of unbranched alkanes of at least 4 members (excludes halogenated alkanes) is 12. The van der Waals surface area contributed by atoms with Crippen molar-refractivity contribution < 1.29 is 4.79 Å². The van der Waals surface area contributed by atoms with E-state index < -0.39 is 0 Å². The molecule has 0 atom stereocenters. The van der Waals surface area contributed by atoms with Crippen LogP contribution in [0.1, 0.15) is 121 Å². The summed E-state index contributed by atoms with van der Waals surface area (Å²) in [4.78, 5) is 16.8. The fourth-order valence-corrected chi connectivity index (χ4v) is 3.69. The highest BCUT2D eigenvalue weighted by molar-refractivity contribution is 5.81. The molecule has 1 aromatic rings. The first-order valence-electron chi connectivity index (χ1n) is 11.3. The molecular weight excluding hydrogens is 320 g/mol. The van der Waals surface area contributed by atoms with Gasteiger partial charge in [0.15, 0.2) is 0 Å². The molecule has 0 saturated heterocycles. The summed E-state index contributed by atoms with van der Waals surface area (Å²) in [6.07, 6.45) is 25.6. The number of imidazole rings is 1. The molecule has 0 radical (unpaired) electrons. The van der Waals surface area contributed by atoms with Gasteiger partial charge in [0.2, 0.25) is 5.91 Å². The summed E-state index contributed by atoms with van der Waals surface area (Å²) in [5.74, 6) is 0.426. The molecule has 0 spiro atoms. The largest absolute Gasteiger partial charge is 0.276 e. The fraction of sp³-hybridized carbons (Fsp3) is 0.826. The van der Waals surface area contributed by atoms with Gasteiger partial charge in [0.25, 0.3) is 0 Å². The van der Waals surface area contributed by atoms with Crippen molar-refractivity contribution in [3.8, 4) is 0 Å². The normalized spacial score (nSPS) is 11.3. The Labute approximate surface area is 162 Å². The van der Waals surface area contributed by atoms with Crippen LogP contribution in [0.2, 0.25) is 0 Å². The van der Waals surface area contributed by atoms with E-state index in [-0.39, 0.29) is 11.8 Å². The van der Waals surface area contributed by atoms with Crippen molar-refractivity contribution in [2.24, 2.45) is 5.92 Å². The molecule has 0 aliphatic heterocycles. The van der Waals surface area contributed by atoms with Gasteiger partial charge in [-0.1, -0.05) is 104 Å². The Balaban J connectivity index is 2.27. The molecule has 1 rings (SSSR count). The van der Waals surface area contributed by atoms with Gasteiger partial charge < -0.3 is 0 Å². The molecule has 0 amide bonds. The Morgan fingerprint density at radius 1 is 0.769 bits per heavy atom. The third-order valence-electron chi connectivity index (χ3n) is 5.42. The van der Waals surface area contributed by atoms with Crippen LogP contribution in [0, 0.1) is 5.92 Å². The van der Waals surface area contributed by atoms with Gasteiger partial charge in [0.05, 0.1) is 0 Å². The van der Waals surface area contributed by atoms with Crippen LogP contribution in [0.5, 0.6) is 0 Å². The van der Waals surface area contributed by atoms with E-state index in [1.165, 1.54) is 89.9 Å². The van der Waals surface area contributed by atoms with E-state index in [0.717, 1.165) is 12.8 Å². The maximum atomic E-state index is 12.7. The minimum Gasteiger partial charge on any atom is -0.276 e. The van der Waals surface area contributed by atoms with Crippen LogP contribution in [-0.2, 0) is 0 Å². The standard InChI is InChI=1S/C23H42N2O/c1-3-5-7-9-11-13-15-17-22(23(26)25-20-19-24-21-25)18-16-14-12-10-8-6-4-2/h19-22H,3-18H2,1-2H3. The highest BCUT2D eigenvalue weighted by atomic mass is 16.2. The Hall–Kier alpha value is -1.12. The second-order valence-electron chi connectivity index (χ2n) is 7.83. The fourth-order valence-electron chi connectivity index (χ4n) is 3.69. The average Bonchev–Trinajstić information content (AvgIpc) is 3.19. The van der Waals surface area contributed by atoms with Crippen LogP contribution < -0.4 is 0 Å². The summed E-state index contributed by atoms with van der Waals surface area (Å²) in [5, 5.41) is 0. The van der Waals surface area contributed by atoms with Crippen molar-refractivity contribution in [2.75, 3.05) is 0 Å². The number of hydrogen-bond acceptors (Lipinski definition) is 2. The van der Waals surface area contributed by atoms with E-state index in [2.05, 4.69) is 18.8 Å². The third kappa shape index (κ3) is 10.8. The quantitative estimate of drug-likeness (QED) is 0.270. The number of carbonyl (C=O) groups excluding carboxylic acids is 1. The van der Waals surface area contributed by atoms with Gasteiger partial charge in [0, 0.05) is 18.3 Å². The monoisotopic (exact) mass is 362 g/mol.